The number of aromatic nitrogens is 8. The quantitative estimate of drug-likeness (QED) is 0.0215. The molecule has 2 fully saturated rings. The van der Waals surface area contributed by atoms with Gasteiger partial charge in [0.15, 0.2) is 34.7 Å². The van der Waals surface area contributed by atoms with Crippen LogP contribution in [0.15, 0.2) is 131 Å². The molecule has 89 heavy (non-hydrogen) atoms. The van der Waals surface area contributed by atoms with E-state index in [0.717, 1.165) is 29.5 Å². The van der Waals surface area contributed by atoms with Crippen molar-refractivity contribution in [1.82, 2.24) is 44.4 Å². The Morgan fingerprint density at radius 3 is 2.03 bits per heavy atom. The molecule has 4 aromatic carbocycles. The van der Waals surface area contributed by atoms with E-state index < -0.39 is 82.5 Å². The van der Waals surface area contributed by atoms with Gasteiger partial charge in [-0.05, 0) is 58.9 Å². The predicted molar refractivity (Wildman–Crippen MR) is 329 cm³/mol. The Balaban J connectivity index is 0.976. The number of aromatic amines is 2. The van der Waals surface area contributed by atoms with Gasteiger partial charge in [0, 0.05) is 36.0 Å². The van der Waals surface area contributed by atoms with Crippen LogP contribution in [0.5, 0.6) is 11.5 Å². The summed E-state index contributed by atoms with van der Waals surface area (Å²) in [5.41, 5.74) is 1.43. The van der Waals surface area contributed by atoms with Crippen LogP contribution in [0.1, 0.15) is 87.5 Å². The van der Waals surface area contributed by atoms with Crippen LogP contribution in [0.4, 0.5) is 10.7 Å². The van der Waals surface area contributed by atoms with E-state index in [1.165, 1.54) is 10.9 Å². The number of H-pyrrole nitrogens is 2. The van der Waals surface area contributed by atoms with Gasteiger partial charge in [-0.1, -0.05) is 119 Å². The van der Waals surface area contributed by atoms with Crippen LogP contribution in [0.3, 0.4) is 0 Å². The van der Waals surface area contributed by atoms with Gasteiger partial charge < -0.3 is 53.3 Å². The maximum absolute atomic E-state index is 13.8. The van der Waals surface area contributed by atoms with Crippen molar-refractivity contribution < 1.29 is 56.5 Å². The van der Waals surface area contributed by atoms with Gasteiger partial charge in [0.25, 0.3) is 11.1 Å². The Bertz CT molecular complexity index is 3780. The molecule has 1 amide bonds. The number of alkyl carbamates (subject to hydrolysis) is 1. The molecule has 2 aliphatic heterocycles. The third kappa shape index (κ3) is 14.7. The van der Waals surface area contributed by atoms with Gasteiger partial charge in [0.05, 0.1) is 66.8 Å². The number of rotatable bonds is 29. The topological polar surface area (TPSA) is 312 Å². The number of benzene rings is 4. The van der Waals surface area contributed by atoms with Crippen LogP contribution in [0.25, 0.3) is 22.3 Å². The number of nitriles is 1. The Labute approximate surface area is 515 Å². The van der Waals surface area contributed by atoms with Crippen molar-refractivity contribution in [3.8, 4) is 17.6 Å². The van der Waals surface area contributed by atoms with Crippen molar-refractivity contribution >= 4 is 50.8 Å². The monoisotopic (exact) mass is 1260 g/mol. The number of nitrogens with one attached hydrogen (secondary N) is 4. The Kier molecular flexibility index (Phi) is 21.2. The molecule has 5 N–H and O–H groups in total. The fourth-order valence-electron chi connectivity index (χ4n) is 11.1. The lowest BCUT2D eigenvalue weighted by Crippen LogP contribution is -2.47. The van der Waals surface area contributed by atoms with Crippen LogP contribution >= 0.6 is 16.4 Å². The second-order valence-corrected chi connectivity index (χ2v) is 24.6. The maximum Gasteiger partial charge on any atom is 0.695 e. The number of methoxy groups -OCH3 is 2. The highest BCUT2D eigenvalue weighted by molar-refractivity contribution is 7.52. The van der Waals surface area contributed by atoms with E-state index in [4.69, 9.17) is 47.2 Å². The van der Waals surface area contributed by atoms with Gasteiger partial charge in [0.2, 0.25) is 5.95 Å². The molecule has 6 heterocycles. The number of carbonyl (C=O) groups excluding carboxylic acids is 1. The number of hydrogen-bond donors (Lipinski definition) is 5. The average molecular weight is 1260 g/mol. The first-order valence-electron chi connectivity index (χ1n) is 29.3. The standard InChI is InChI=1S/C62H71N11O14P2/c1-7-8-20-48-67-54-50(56(74)68-48)65-35-72(54)58-39(4)52(46(85-58)33-83-62(41-18-13-10-14-19-41,42-21-25-44(79-5)26-22-42)43-23-27-45(80-6)28-24-43)82-37-88(30-15-29-63)84-34-47-53(87-89(77)78)49(69-61(76)81-32-40-16-11-9-12-17-40)59(86-47)73-36-66-51-55(73)70-60(71-57(51)75)64-31-38(2)3/h9-14,16-19,21-28,35-36,38-39,46-47,49,52-53,58-59H,7-8,15,20,30-34,37H2,1-6H3,(H4-,64,67,68,69,70,71,74,75,76,77,78)/p+1/t39-,46?,47-,49-,52+,53-,58-,59?,88?/m1/s1. The van der Waals surface area contributed by atoms with Gasteiger partial charge in [-0.2, -0.15) is 10.2 Å². The molecule has 0 radical (unpaired) electrons. The lowest BCUT2D eigenvalue weighted by Gasteiger charge is -2.37. The first-order valence-corrected chi connectivity index (χ1v) is 32.1. The summed E-state index contributed by atoms with van der Waals surface area (Å²) in [5.74, 6) is 1.70. The number of imidazole rings is 2. The summed E-state index contributed by atoms with van der Waals surface area (Å²) in [6.07, 6.45) is -1.77. The summed E-state index contributed by atoms with van der Waals surface area (Å²) < 4.78 is 73.6. The Morgan fingerprint density at radius 2 is 1.42 bits per heavy atom. The second-order valence-electron chi connectivity index (χ2n) is 22.0. The average Bonchev–Trinajstić information content (AvgIpc) is 1.87. The molecule has 2 aliphatic rings. The van der Waals surface area contributed by atoms with Crippen molar-refractivity contribution in [2.45, 2.75) is 108 Å². The third-order valence-electron chi connectivity index (χ3n) is 15.5. The summed E-state index contributed by atoms with van der Waals surface area (Å²) in [4.78, 5) is 75.2. The number of anilines is 1. The first kappa shape index (κ1) is 64.0. The number of aryl methyl sites for hydroxylation is 1. The molecule has 4 aromatic heterocycles. The summed E-state index contributed by atoms with van der Waals surface area (Å²) >= 11 is 0. The van der Waals surface area contributed by atoms with E-state index >= 15 is 0 Å². The van der Waals surface area contributed by atoms with Gasteiger partial charge >= 0.3 is 14.3 Å². The zero-order chi connectivity index (χ0) is 62.6. The van der Waals surface area contributed by atoms with Gasteiger partial charge in [-0.15, -0.1) is 9.42 Å². The minimum atomic E-state index is -3.34. The second kappa shape index (κ2) is 29.5. The maximum atomic E-state index is 13.8. The lowest BCUT2D eigenvalue weighted by atomic mass is 9.80. The number of fused-ring (bicyclic) bond motifs is 2. The SMILES string of the molecule is CCCCc1nc2c(ncn2[C@@H]2OC(COC(c3ccccc3)(c3ccc(OC)cc3)c3ccc(OC)cc3)[C@@H](OCP(CCC#N)OC[C@H]3OC(n4cnc5c(=O)[nH]c(NCC(C)C)nc54)[C@H](NC(=O)OCc4ccccc4)[C@@H]3O[P+](=O)O)[C@H]2C)c(=O)[nH]1. The molecule has 0 spiro atoms. The molecule has 4 unspecified atom stereocenters. The van der Waals surface area contributed by atoms with E-state index in [2.05, 4.69) is 48.5 Å². The van der Waals surface area contributed by atoms with Crippen molar-refractivity contribution in [3.63, 3.8) is 0 Å². The number of amides is 1. The first-order chi connectivity index (χ1) is 43.2. The van der Waals surface area contributed by atoms with E-state index in [1.54, 1.807) is 49.4 Å². The number of carbonyl (C=O) groups is 1. The van der Waals surface area contributed by atoms with Crippen molar-refractivity contribution in [1.29, 1.82) is 5.26 Å². The van der Waals surface area contributed by atoms with E-state index in [9.17, 15) is 29.1 Å². The fourth-order valence-corrected chi connectivity index (χ4v) is 12.9. The number of ether oxygens (including phenoxy) is 7. The summed E-state index contributed by atoms with van der Waals surface area (Å²) in [7, 11) is -1.83. The zero-order valence-corrected chi connectivity index (χ0v) is 51.9. The van der Waals surface area contributed by atoms with Crippen LogP contribution in [0, 0.1) is 23.2 Å². The van der Waals surface area contributed by atoms with E-state index in [0.29, 0.717) is 41.5 Å². The Hall–Kier alpha value is -8.01. The molecule has 0 aliphatic carbocycles. The van der Waals surface area contributed by atoms with Crippen molar-refractivity contribution in [2.24, 2.45) is 11.8 Å². The number of hydrogen-bond acceptors (Lipinski definition) is 19. The van der Waals surface area contributed by atoms with Crippen LogP contribution < -0.4 is 31.2 Å². The number of nitrogens with zero attached hydrogens (tertiary/aromatic N) is 7. The minimum absolute atomic E-state index is 0.0390. The lowest BCUT2D eigenvalue weighted by molar-refractivity contribution is -0.0998. The molecule has 10 atom stereocenters. The highest BCUT2D eigenvalue weighted by atomic mass is 31.1. The summed E-state index contributed by atoms with van der Waals surface area (Å²) in [6.45, 7) is 8.02. The van der Waals surface area contributed by atoms with Crippen LogP contribution in [-0.4, -0.2) is 127 Å². The highest BCUT2D eigenvalue weighted by Crippen LogP contribution is 2.47. The summed E-state index contributed by atoms with van der Waals surface area (Å²) in [6, 6.07) is 35.1. The summed E-state index contributed by atoms with van der Waals surface area (Å²) in [5, 5.41) is 16.0. The molecule has 0 saturated carbocycles. The van der Waals surface area contributed by atoms with Crippen LogP contribution in [0.2, 0.25) is 0 Å². The van der Waals surface area contributed by atoms with Crippen molar-refractivity contribution in [3.05, 3.63) is 171 Å². The molecule has 10 rings (SSSR count). The minimum Gasteiger partial charge on any atom is -0.497 e. The van der Waals surface area contributed by atoms with Gasteiger partial charge in [-0.3, -0.25) is 23.7 Å². The molecule has 2 saturated heterocycles. The molecular weight excluding hydrogens is 1180 g/mol. The highest BCUT2D eigenvalue weighted by Gasteiger charge is 2.53. The van der Waals surface area contributed by atoms with E-state index in [-0.39, 0.29) is 72.9 Å². The smallest absolute Gasteiger partial charge is 0.497 e. The molecule has 27 heteroatoms. The van der Waals surface area contributed by atoms with E-state index in [1.807, 2.05) is 106 Å². The zero-order valence-electron chi connectivity index (χ0n) is 50.1. The molecule has 8 aromatic rings. The third-order valence-corrected chi connectivity index (χ3v) is 17.6. The molecule has 25 nitrogen and oxygen atoms in total. The molecule has 468 valence electrons. The van der Waals surface area contributed by atoms with Crippen molar-refractivity contribution in [2.75, 3.05) is 51.8 Å². The largest absolute Gasteiger partial charge is 0.695 e. The van der Waals surface area contributed by atoms with Crippen LogP contribution in [-0.2, 0) is 55.9 Å². The van der Waals surface area contributed by atoms with Gasteiger partial charge in [-0.25, -0.2) is 19.7 Å². The number of unbranched alkanes of at least 4 members (excludes halogenated alkanes) is 1. The van der Waals surface area contributed by atoms with Gasteiger partial charge in [0.1, 0.15) is 54.0 Å². The molecule has 0 bridgehead atoms. The predicted octanol–water partition coefficient (Wildman–Crippen LogP) is 9.12. The fraction of sp³-hybridized carbons (Fsp3) is 0.419. The Morgan fingerprint density at radius 1 is 0.820 bits per heavy atom. The molecular formula is C62H72N11O14P2+. The normalized spacial score (nSPS) is 20.6.